The molecule has 0 aliphatic rings. The molecule has 3 aromatic heterocycles. The maximum absolute atomic E-state index is 11.7. The van der Waals surface area contributed by atoms with E-state index in [1.165, 1.54) is 18.1 Å². The van der Waals surface area contributed by atoms with Gasteiger partial charge in [-0.2, -0.15) is 10.1 Å². The van der Waals surface area contributed by atoms with Crippen molar-refractivity contribution < 1.29 is 13.7 Å². The van der Waals surface area contributed by atoms with Crippen molar-refractivity contribution in [2.75, 3.05) is 12.3 Å². The van der Waals surface area contributed by atoms with Crippen LogP contribution in [0.5, 0.6) is 0 Å². The third kappa shape index (κ3) is 4.69. The average Bonchev–Trinajstić information content (AvgIpc) is 3.32. The molecule has 24 heavy (non-hydrogen) atoms. The summed E-state index contributed by atoms with van der Waals surface area (Å²) >= 11 is 1.51. The van der Waals surface area contributed by atoms with Crippen molar-refractivity contribution in [3.63, 3.8) is 0 Å². The third-order valence-corrected chi connectivity index (χ3v) is 3.94. The van der Waals surface area contributed by atoms with Gasteiger partial charge in [0.15, 0.2) is 10.9 Å². The van der Waals surface area contributed by atoms with Gasteiger partial charge >= 0.3 is 0 Å². The first-order chi connectivity index (χ1) is 11.8. The van der Waals surface area contributed by atoms with Crippen LogP contribution >= 0.6 is 11.8 Å². The van der Waals surface area contributed by atoms with E-state index in [0.29, 0.717) is 43.3 Å². The molecule has 0 fully saturated rings. The van der Waals surface area contributed by atoms with Crippen molar-refractivity contribution in [3.05, 3.63) is 30.6 Å². The van der Waals surface area contributed by atoms with Gasteiger partial charge in [0.05, 0.1) is 6.26 Å². The van der Waals surface area contributed by atoms with Gasteiger partial charge in [0.25, 0.3) is 0 Å². The molecule has 0 aromatic carbocycles. The molecule has 0 saturated carbocycles. The number of aromatic amines is 1. The maximum Gasteiger partial charge on any atom is 0.238 e. The van der Waals surface area contributed by atoms with Crippen molar-refractivity contribution in [2.24, 2.45) is 0 Å². The second-order valence-electron chi connectivity index (χ2n) is 4.83. The lowest BCUT2D eigenvalue weighted by Gasteiger charge is -2.03. The molecular weight excluding hydrogens is 332 g/mol. The summed E-state index contributed by atoms with van der Waals surface area (Å²) in [6, 6.07) is 3.52. The van der Waals surface area contributed by atoms with Crippen LogP contribution < -0.4 is 5.32 Å². The van der Waals surface area contributed by atoms with E-state index in [-0.39, 0.29) is 5.91 Å². The van der Waals surface area contributed by atoms with Crippen molar-refractivity contribution in [2.45, 2.75) is 24.4 Å². The number of thioether (sulfide) groups is 1. The standard InChI is InChI=1S/C14H16N6O3S/c21-11(15-6-8-24-14-16-9-17-19-14)4-1-5-12-18-13(20-23-12)10-3-2-7-22-10/h2-3,7,9H,1,4-6,8H2,(H,15,21)(H,16,17,19). The van der Waals surface area contributed by atoms with Crippen LogP contribution in [0.3, 0.4) is 0 Å². The summed E-state index contributed by atoms with van der Waals surface area (Å²) in [6.45, 7) is 0.577. The Balaban J connectivity index is 1.30. The fourth-order valence-corrected chi connectivity index (χ4v) is 2.59. The van der Waals surface area contributed by atoms with E-state index in [1.807, 2.05) is 0 Å². The Morgan fingerprint density at radius 1 is 1.42 bits per heavy atom. The number of hydrogen-bond donors (Lipinski definition) is 2. The van der Waals surface area contributed by atoms with E-state index in [1.54, 1.807) is 18.4 Å². The Kier molecular flexibility index (Phi) is 5.61. The molecule has 0 unspecified atom stereocenters. The van der Waals surface area contributed by atoms with Crippen LogP contribution in [0.15, 0.2) is 38.8 Å². The van der Waals surface area contributed by atoms with Crippen LogP contribution in [-0.2, 0) is 11.2 Å². The van der Waals surface area contributed by atoms with Crippen LogP contribution in [-0.4, -0.2) is 43.5 Å². The van der Waals surface area contributed by atoms with E-state index in [0.717, 1.165) is 10.9 Å². The molecule has 9 nitrogen and oxygen atoms in total. The molecule has 3 rings (SSSR count). The van der Waals surface area contributed by atoms with Crippen molar-refractivity contribution in [1.82, 2.24) is 30.6 Å². The Morgan fingerprint density at radius 3 is 3.17 bits per heavy atom. The predicted octanol–water partition coefficient (Wildman–Crippen LogP) is 1.68. The van der Waals surface area contributed by atoms with Gasteiger partial charge in [0.1, 0.15) is 6.33 Å². The minimum absolute atomic E-state index is 0.000978. The highest BCUT2D eigenvalue weighted by Crippen LogP contribution is 2.16. The molecule has 0 aliphatic carbocycles. The molecule has 0 aliphatic heterocycles. The summed E-state index contributed by atoms with van der Waals surface area (Å²) in [7, 11) is 0. The number of carbonyl (C=O) groups is 1. The molecule has 126 valence electrons. The highest BCUT2D eigenvalue weighted by atomic mass is 32.2. The number of amides is 1. The molecule has 10 heteroatoms. The minimum Gasteiger partial charge on any atom is -0.461 e. The number of rotatable bonds is 9. The lowest BCUT2D eigenvalue weighted by molar-refractivity contribution is -0.121. The van der Waals surface area contributed by atoms with E-state index in [4.69, 9.17) is 8.94 Å². The lowest BCUT2D eigenvalue weighted by Crippen LogP contribution is -2.25. The normalized spacial score (nSPS) is 10.8. The van der Waals surface area contributed by atoms with Crippen LogP contribution in [0.25, 0.3) is 11.6 Å². The Labute approximate surface area is 141 Å². The van der Waals surface area contributed by atoms with Crippen LogP contribution in [0.2, 0.25) is 0 Å². The highest BCUT2D eigenvalue weighted by molar-refractivity contribution is 7.99. The summed E-state index contributed by atoms with van der Waals surface area (Å²) in [6.07, 6.45) is 4.60. The van der Waals surface area contributed by atoms with Crippen molar-refractivity contribution in [1.29, 1.82) is 0 Å². The number of H-pyrrole nitrogens is 1. The first-order valence-electron chi connectivity index (χ1n) is 7.42. The van der Waals surface area contributed by atoms with Crippen LogP contribution in [0, 0.1) is 0 Å². The van der Waals surface area contributed by atoms with Gasteiger partial charge in [-0.1, -0.05) is 16.9 Å². The number of aromatic nitrogens is 5. The largest absolute Gasteiger partial charge is 0.461 e. The Bertz CT molecular complexity index is 741. The molecule has 2 N–H and O–H groups in total. The monoisotopic (exact) mass is 348 g/mol. The van der Waals surface area contributed by atoms with Gasteiger partial charge in [-0.05, 0) is 18.6 Å². The number of furan rings is 1. The van der Waals surface area contributed by atoms with Crippen LogP contribution in [0.4, 0.5) is 0 Å². The average molecular weight is 348 g/mol. The van der Waals surface area contributed by atoms with E-state index < -0.39 is 0 Å². The van der Waals surface area contributed by atoms with Gasteiger partial charge < -0.3 is 14.3 Å². The molecule has 3 aromatic rings. The van der Waals surface area contributed by atoms with Crippen molar-refractivity contribution in [3.8, 4) is 11.6 Å². The van der Waals surface area contributed by atoms with Crippen LogP contribution in [0.1, 0.15) is 18.7 Å². The van der Waals surface area contributed by atoms with Gasteiger partial charge in [-0.3, -0.25) is 9.89 Å². The smallest absolute Gasteiger partial charge is 0.238 e. The second-order valence-corrected chi connectivity index (χ2v) is 5.92. The molecule has 0 saturated heterocycles. The molecule has 0 bridgehead atoms. The Hall–Kier alpha value is -2.62. The summed E-state index contributed by atoms with van der Waals surface area (Å²) in [4.78, 5) is 20.0. The fraction of sp³-hybridized carbons (Fsp3) is 0.357. The van der Waals surface area contributed by atoms with Gasteiger partial charge in [-0.15, -0.1) is 0 Å². The minimum atomic E-state index is -0.000978. The molecule has 0 spiro atoms. The van der Waals surface area contributed by atoms with Gasteiger partial charge in [0.2, 0.25) is 17.6 Å². The fourth-order valence-electron chi connectivity index (χ4n) is 1.95. The third-order valence-electron chi connectivity index (χ3n) is 3.06. The first-order valence-corrected chi connectivity index (χ1v) is 8.41. The summed E-state index contributed by atoms with van der Waals surface area (Å²) in [5, 5.41) is 13.9. The number of carbonyl (C=O) groups excluding carboxylic acids is 1. The summed E-state index contributed by atoms with van der Waals surface area (Å²) < 4.78 is 10.3. The number of nitrogens with zero attached hydrogens (tertiary/aromatic N) is 4. The van der Waals surface area contributed by atoms with E-state index in [9.17, 15) is 4.79 Å². The zero-order valence-corrected chi connectivity index (χ0v) is 13.6. The summed E-state index contributed by atoms with van der Waals surface area (Å²) in [5.41, 5.74) is 0. The number of hydrogen-bond acceptors (Lipinski definition) is 8. The highest BCUT2D eigenvalue weighted by Gasteiger charge is 2.11. The Morgan fingerprint density at radius 2 is 2.38 bits per heavy atom. The lowest BCUT2D eigenvalue weighted by atomic mass is 10.2. The van der Waals surface area contributed by atoms with E-state index in [2.05, 4.69) is 30.6 Å². The van der Waals surface area contributed by atoms with Gasteiger partial charge in [0, 0.05) is 25.1 Å². The first kappa shape index (κ1) is 16.2. The molecule has 3 heterocycles. The molecular formula is C14H16N6O3S. The zero-order chi connectivity index (χ0) is 16.6. The zero-order valence-electron chi connectivity index (χ0n) is 12.8. The molecule has 0 radical (unpaired) electrons. The molecule has 0 atom stereocenters. The van der Waals surface area contributed by atoms with E-state index >= 15 is 0 Å². The van der Waals surface area contributed by atoms with Crippen molar-refractivity contribution >= 4 is 17.7 Å². The SMILES string of the molecule is O=C(CCCc1nc(-c2ccco2)no1)NCCSc1ncn[nH]1. The number of nitrogens with one attached hydrogen (secondary N) is 2. The maximum atomic E-state index is 11.7. The molecule has 1 amide bonds. The van der Waals surface area contributed by atoms with Gasteiger partial charge in [-0.25, -0.2) is 4.98 Å². The number of aryl methyl sites for hydroxylation is 1. The quantitative estimate of drug-likeness (QED) is 0.442. The summed E-state index contributed by atoms with van der Waals surface area (Å²) in [5.74, 6) is 2.21. The second kappa shape index (κ2) is 8.29. The topological polar surface area (TPSA) is 123 Å². The predicted molar refractivity (Wildman–Crippen MR) is 85.1 cm³/mol.